The van der Waals surface area contributed by atoms with E-state index in [-0.39, 0.29) is 25.2 Å². The molecule has 0 radical (unpaired) electrons. The van der Waals surface area contributed by atoms with Crippen molar-refractivity contribution in [2.75, 3.05) is 31.1 Å². The quantitative estimate of drug-likeness (QED) is 0.537. The number of carbonyl (C=O) groups is 2. The summed E-state index contributed by atoms with van der Waals surface area (Å²) in [7, 11) is 0. The monoisotopic (exact) mass is 499 g/mol. The maximum atomic E-state index is 13.5. The average molecular weight is 500 g/mol. The fourth-order valence-electron chi connectivity index (χ4n) is 5.60. The van der Waals surface area contributed by atoms with Crippen molar-refractivity contribution in [1.82, 2.24) is 9.80 Å². The zero-order valence-corrected chi connectivity index (χ0v) is 20.9. The second-order valence-corrected chi connectivity index (χ2v) is 9.80. The highest BCUT2D eigenvalue weighted by Crippen LogP contribution is 2.39. The molecule has 1 spiro atoms. The third-order valence-electron chi connectivity index (χ3n) is 7.50. The molecule has 3 aromatic rings. The van der Waals surface area contributed by atoms with Gasteiger partial charge in [0.15, 0.2) is 0 Å². The van der Waals surface area contributed by atoms with Crippen LogP contribution in [0, 0.1) is 0 Å². The molecule has 7 heteroatoms. The van der Waals surface area contributed by atoms with Crippen LogP contribution < -0.4 is 4.90 Å². The van der Waals surface area contributed by atoms with Crippen molar-refractivity contribution in [1.29, 1.82) is 0 Å². The molecule has 37 heavy (non-hydrogen) atoms. The number of anilines is 2. The van der Waals surface area contributed by atoms with Crippen LogP contribution in [0.25, 0.3) is 0 Å². The molecular formula is C30H33N3O4. The highest BCUT2D eigenvalue weighted by atomic mass is 16.6. The number of β-amino-alcohol motifs (C(OH)–C–C–N with tert-alkyl or cyclic N) is 1. The number of para-hydroxylation sites is 2. The molecule has 7 nitrogen and oxygen atoms in total. The minimum Gasteiger partial charge on any atom is -0.445 e. The van der Waals surface area contributed by atoms with Gasteiger partial charge in [-0.2, -0.15) is 0 Å². The van der Waals surface area contributed by atoms with E-state index in [9.17, 15) is 14.7 Å². The molecule has 0 aromatic heterocycles. The summed E-state index contributed by atoms with van der Waals surface area (Å²) >= 11 is 0. The summed E-state index contributed by atoms with van der Waals surface area (Å²) in [4.78, 5) is 32.0. The Hall–Kier alpha value is -3.68. The number of piperidine rings is 1. The van der Waals surface area contributed by atoms with Gasteiger partial charge in [-0.05, 0) is 49.1 Å². The summed E-state index contributed by atoms with van der Waals surface area (Å²) < 4.78 is 5.61. The molecule has 0 unspecified atom stereocenters. The number of carbonyl (C=O) groups excluding carboxylic acids is 2. The molecule has 0 saturated carbocycles. The Morgan fingerprint density at radius 2 is 1.46 bits per heavy atom. The number of aliphatic hydroxyl groups is 1. The first-order valence-electron chi connectivity index (χ1n) is 12.9. The lowest BCUT2D eigenvalue weighted by Gasteiger charge is -2.47. The number of likely N-dealkylation sites (tertiary alicyclic amines) is 2. The van der Waals surface area contributed by atoms with Gasteiger partial charge in [0, 0.05) is 31.0 Å². The number of ether oxygens (including phenoxy) is 1. The smallest absolute Gasteiger partial charge is 0.410 e. The van der Waals surface area contributed by atoms with Crippen molar-refractivity contribution in [3.8, 4) is 0 Å². The summed E-state index contributed by atoms with van der Waals surface area (Å²) in [6.07, 6.45) is 1.01. The van der Waals surface area contributed by atoms with E-state index in [1.54, 1.807) is 9.80 Å². The number of rotatable bonds is 6. The van der Waals surface area contributed by atoms with E-state index in [0.29, 0.717) is 26.1 Å². The molecule has 2 fully saturated rings. The number of nitrogens with zero attached hydrogens (tertiary/aromatic N) is 3. The van der Waals surface area contributed by atoms with Crippen LogP contribution in [0.2, 0.25) is 0 Å². The average Bonchev–Trinajstić information content (AvgIpc) is 3.36. The van der Waals surface area contributed by atoms with E-state index in [0.717, 1.165) is 29.8 Å². The molecule has 0 bridgehead atoms. The fourth-order valence-corrected chi connectivity index (χ4v) is 5.60. The Balaban J connectivity index is 1.25. The van der Waals surface area contributed by atoms with Crippen LogP contribution in [0.15, 0.2) is 91.0 Å². The molecule has 2 aliphatic heterocycles. The second kappa shape index (κ2) is 11.2. The Bertz CT molecular complexity index is 1150. The molecule has 2 saturated heterocycles. The van der Waals surface area contributed by atoms with E-state index < -0.39 is 11.6 Å². The molecule has 2 atom stereocenters. The van der Waals surface area contributed by atoms with Crippen LogP contribution in [0.3, 0.4) is 0 Å². The predicted octanol–water partition coefficient (Wildman–Crippen LogP) is 4.59. The van der Waals surface area contributed by atoms with Gasteiger partial charge in [0.25, 0.3) is 0 Å². The topological polar surface area (TPSA) is 73.3 Å². The minimum absolute atomic E-state index is 0.0638. The zero-order valence-electron chi connectivity index (χ0n) is 20.9. The van der Waals surface area contributed by atoms with Crippen molar-refractivity contribution >= 4 is 23.4 Å². The van der Waals surface area contributed by atoms with Crippen molar-refractivity contribution < 1.29 is 19.4 Å². The van der Waals surface area contributed by atoms with Crippen molar-refractivity contribution in [2.45, 2.75) is 37.5 Å². The van der Waals surface area contributed by atoms with Crippen LogP contribution in [0.4, 0.5) is 16.2 Å². The Morgan fingerprint density at radius 1 is 0.865 bits per heavy atom. The lowest BCUT2D eigenvalue weighted by atomic mass is 9.82. The van der Waals surface area contributed by atoms with Gasteiger partial charge in [-0.25, -0.2) is 4.79 Å². The lowest BCUT2D eigenvalue weighted by Crippen LogP contribution is -2.63. The van der Waals surface area contributed by atoms with Crippen molar-refractivity contribution in [2.24, 2.45) is 0 Å². The Labute approximate surface area is 217 Å². The highest BCUT2D eigenvalue weighted by Gasteiger charge is 2.52. The SMILES string of the molecule is O=C(CN1CC[C@@]2(CCCN2C(=O)OCc2ccccc2)[C@@H](O)C1)N(c1ccccc1)c1ccccc1. The van der Waals surface area contributed by atoms with E-state index in [4.69, 9.17) is 4.74 Å². The molecule has 3 aromatic carbocycles. The van der Waals surface area contributed by atoms with Crippen LogP contribution in [0.1, 0.15) is 24.8 Å². The summed E-state index contributed by atoms with van der Waals surface area (Å²) in [5.41, 5.74) is 1.89. The van der Waals surface area contributed by atoms with Crippen LogP contribution >= 0.6 is 0 Å². The van der Waals surface area contributed by atoms with Crippen LogP contribution in [-0.4, -0.2) is 64.7 Å². The lowest BCUT2D eigenvalue weighted by molar-refractivity contribution is -0.121. The molecule has 5 rings (SSSR count). The number of hydrogen-bond donors (Lipinski definition) is 1. The van der Waals surface area contributed by atoms with E-state index in [2.05, 4.69) is 0 Å². The molecule has 2 aliphatic rings. The maximum absolute atomic E-state index is 13.5. The molecule has 192 valence electrons. The van der Waals surface area contributed by atoms with Gasteiger partial charge in [-0.15, -0.1) is 0 Å². The van der Waals surface area contributed by atoms with Gasteiger partial charge >= 0.3 is 6.09 Å². The van der Waals surface area contributed by atoms with Crippen molar-refractivity contribution in [3.63, 3.8) is 0 Å². The first-order valence-corrected chi connectivity index (χ1v) is 12.9. The van der Waals surface area contributed by atoms with E-state index >= 15 is 0 Å². The van der Waals surface area contributed by atoms with Crippen LogP contribution in [-0.2, 0) is 16.1 Å². The third-order valence-corrected chi connectivity index (χ3v) is 7.50. The van der Waals surface area contributed by atoms with Gasteiger partial charge in [-0.1, -0.05) is 66.7 Å². The molecule has 0 aliphatic carbocycles. The number of aliphatic hydroxyl groups excluding tert-OH is 1. The zero-order chi connectivity index (χ0) is 25.7. The van der Waals surface area contributed by atoms with Gasteiger partial charge in [0.05, 0.1) is 18.2 Å². The summed E-state index contributed by atoms with van der Waals surface area (Å²) in [5, 5.41) is 11.3. The third kappa shape index (κ3) is 5.38. The first kappa shape index (κ1) is 25.0. The molecular weight excluding hydrogens is 466 g/mol. The van der Waals surface area contributed by atoms with Gasteiger partial charge in [0.1, 0.15) is 6.61 Å². The Kier molecular flexibility index (Phi) is 7.53. The van der Waals surface area contributed by atoms with Gasteiger partial charge in [-0.3, -0.25) is 19.5 Å². The van der Waals surface area contributed by atoms with Crippen LogP contribution in [0.5, 0.6) is 0 Å². The van der Waals surface area contributed by atoms with Gasteiger partial charge in [0.2, 0.25) is 5.91 Å². The fraction of sp³-hybridized carbons (Fsp3) is 0.333. The summed E-state index contributed by atoms with van der Waals surface area (Å²) in [6.45, 7) is 1.89. The standard InChI is InChI=1S/C30H33N3O4/c34-27-21-31(22-28(35)33(25-13-6-2-7-14-25)26-15-8-3-9-16-26)20-18-30(27)17-10-19-32(30)29(36)37-23-24-11-4-1-5-12-24/h1-9,11-16,27,34H,10,17-23H2/t27-,30-/m0/s1. The first-order chi connectivity index (χ1) is 18.1. The van der Waals surface area contributed by atoms with Gasteiger partial charge < -0.3 is 9.84 Å². The molecule has 1 N–H and O–H groups in total. The maximum Gasteiger partial charge on any atom is 0.410 e. The predicted molar refractivity (Wildman–Crippen MR) is 142 cm³/mol. The summed E-state index contributed by atoms with van der Waals surface area (Å²) in [6, 6.07) is 28.8. The minimum atomic E-state index is -0.761. The number of amides is 2. The number of hydrogen-bond acceptors (Lipinski definition) is 5. The molecule has 2 amide bonds. The second-order valence-electron chi connectivity index (χ2n) is 9.80. The Morgan fingerprint density at radius 3 is 2.05 bits per heavy atom. The van der Waals surface area contributed by atoms with Crippen molar-refractivity contribution in [3.05, 3.63) is 96.6 Å². The number of benzene rings is 3. The largest absolute Gasteiger partial charge is 0.445 e. The normalized spacial score (nSPS) is 21.6. The van der Waals surface area contributed by atoms with E-state index in [1.807, 2.05) is 95.9 Å². The molecule has 2 heterocycles. The highest BCUT2D eigenvalue weighted by molar-refractivity contribution is 6.01. The van der Waals surface area contributed by atoms with E-state index in [1.165, 1.54) is 0 Å². The summed E-state index contributed by atoms with van der Waals surface area (Å²) in [5.74, 6) is -0.0638.